The summed E-state index contributed by atoms with van der Waals surface area (Å²) >= 11 is 7.51. The molecule has 0 aliphatic carbocycles. The van der Waals surface area contributed by atoms with Crippen molar-refractivity contribution in [1.82, 2.24) is 4.98 Å². The second-order valence-electron chi connectivity index (χ2n) is 6.38. The van der Waals surface area contributed by atoms with Crippen LogP contribution in [0.5, 0.6) is 5.88 Å². The minimum atomic E-state index is -0.309. The van der Waals surface area contributed by atoms with Gasteiger partial charge in [-0.25, -0.2) is 4.98 Å². The number of rotatable bonds is 3. The van der Waals surface area contributed by atoms with E-state index in [2.05, 4.69) is 4.98 Å². The van der Waals surface area contributed by atoms with E-state index in [9.17, 15) is 9.90 Å². The van der Waals surface area contributed by atoms with E-state index in [0.717, 1.165) is 33.6 Å². The summed E-state index contributed by atoms with van der Waals surface area (Å²) in [7, 11) is 0. The topological polar surface area (TPSA) is 50.2 Å². The zero-order chi connectivity index (χ0) is 19.7. The molecular formula is C23H16ClNO2S. The van der Waals surface area contributed by atoms with Gasteiger partial charge in [-0.2, -0.15) is 0 Å². The quantitative estimate of drug-likeness (QED) is 0.443. The van der Waals surface area contributed by atoms with Crippen LogP contribution in [0.3, 0.4) is 0 Å². The first-order valence-electron chi connectivity index (χ1n) is 8.70. The molecule has 4 aromatic rings. The maximum atomic E-state index is 12.8. The first-order chi connectivity index (χ1) is 13.5. The fourth-order valence-corrected chi connectivity index (χ4v) is 4.26. The van der Waals surface area contributed by atoms with Gasteiger partial charge in [-0.3, -0.25) is 4.79 Å². The van der Waals surface area contributed by atoms with Crippen molar-refractivity contribution < 1.29 is 5.11 Å². The molecule has 4 rings (SSSR count). The Balaban J connectivity index is 1.84. The first-order valence-corrected chi connectivity index (χ1v) is 9.89. The first kappa shape index (κ1) is 18.4. The van der Waals surface area contributed by atoms with Gasteiger partial charge in [-0.05, 0) is 35.7 Å². The minimum absolute atomic E-state index is 0.136. The van der Waals surface area contributed by atoms with E-state index in [-0.39, 0.29) is 16.2 Å². The van der Waals surface area contributed by atoms with E-state index in [4.69, 9.17) is 11.6 Å². The molecule has 1 aromatic heterocycles. The van der Waals surface area contributed by atoms with Gasteiger partial charge >= 0.3 is 0 Å². The van der Waals surface area contributed by atoms with Gasteiger partial charge in [-0.1, -0.05) is 83.6 Å². The number of nitrogens with zero attached hydrogens (tertiary/aromatic N) is 1. The summed E-state index contributed by atoms with van der Waals surface area (Å²) in [6.45, 7) is 1.96. The average Bonchev–Trinajstić information content (AvgIpc) is 2.71. The van der Waals surface area contributed by atoms with E-state index in [0.29, 0.717) is 15.6 Å². The van der Waals surface area contributed by atoms with Crippen LogP contribution in [-0.2, 0) is 0 Å². The Hall–Kier alpha value is -2.95. The van der Waals surface area contributed by atoms with Crippen molar-refractivity contribution in [3.63, 3.8) is 0 Å². The van der Waals surface area contributed by atoms with E-state index in [1.165, 1.54) is 0 Å². The number of hydrogen-bond donors (Lipinski definition) is 1. The van der Waals surface area contributed by atoms with Crippen molar-refractivity contribution >= 4 is 22.9 Å². The molecule has 0 fully saturated rings. The number of benzene rings is 3. The van der Waals surface area contributed by atoms with Crippen LogP contribution in [0.1, 0.15) is 5.56 Å². The van der Waals surface area contributed by atoms with Gasteiger partial charge in [-0.15, -0.1) is 0 Å². The Bertz CT molecular complexity index is 1200. The number of aryl methyl sites for hydroxylation is 1. The molecule has 0 unspecified atom stereocenters. The lowest BCUT2D eigenvalue weighted by atomic mass is 9.96. The molecule has 3 nitrogen and oxygen atoms in total. The second-order valence-corrected chi connectivity index (χ2v) is 7.75. The SMILES string of the molecule is Cc1cc(-c2c(O)nc(-c3ccccc3)sc2=O)c(Cl)cc1-c1ccccc1. The monoisotopic (exact) mass is 405 g/mol. The molecule has 0 saturated carbocycles. The predicted octanol–water partition coefficient (Wildman–Crippen LogP) is 6.17. The van der Waals surface area contributed by atoms with Crippen molar-refractivity contribution in [2.24, 2.45) is 0 Å². The molecule has 0 atom stereocenters. The van der Waals surface area contributed by atoms with Crippen LogP contribution < -0.4 is 4.74 Å². The standard InChI is InChI=1S/C23H16ClNO2S/c1-14-12-18(19(24)13-17(14)15-8-4-2-5-9-15)20-21(26)25-22(28-23(20)27)16-10-6-3-7-11-16/h2-13,26H,1H3. The van der Waals surface area contributed by atoms with E-state index >= 15 is 0 Å². The highest BCUT2D eigenvalue weighted by Gasteiger charge is 2.18. The normalized spacial score (nSPS) is 10.8. The number of hydrogen-bond acceptors (Lipinski definition) is 4. The summed E-state index contributed by atoms with van der Waals surface area (Å²) < 4.78 is -0.278. The van der Waals surface area contributed by atoms with Crippen LogP contribution in [0.25, 0.3) is 32.8 Å². The molecule has 0 aliphatic heterocycles. The highest BCUT2D eigenvalue weighted by Crippen LogP contribution is 2.37. The van der Waals surface area contributed by atoms with Crippen molar-refractivity contribution in [1.29, 1.82) is 0 Å². The van der Waals surface area contributed by atoms with Gasteiger partial charge in [0.15, 0.2) is 0 Å². The van der Waals surface area contributed by atoms with Gasteiger partial charge in [0.2, 0.25) is 10.6 Å². The van der Waals surface area contributed by atoms with Gasteiger partial charge in [0, 0.05) is 16.1 Å². The van der Waals surface area contributed by atoms with Crippen LogP contribution in [-0.4, -0.2) is 10.1 Å². The highest BCUT2D eigenvalue weighted by molar-refractivity contribution is 7.12. The summed E-state index contributed by atoms with van der Waals surface area (Å²) in [6, 6.07) is 22.9. The zero-order valence-electron chi connectivity index (χ0n) is 15.0. The number of halogens is 1. The Kier molecular flexibility index (Phi) is 4.99. The largest absolute Gasteiger partial charge is 0.493 e. The molecule has 0 saturated heterocycles. The van der Waals surface area contributed by atoms with E-state index in [1.54, 1.807) is 0 Å². The van der Waals surface area contributed by atoms with Crippen LogP contribution in [0.2, 0.25) is 5.02 Å². The Morgan fingerprint density at radius 1 is 0.893 bits per heavy atom. The van der Waals surface area contributed by atoms with Crippen LogP contribution in [0.4, 0.5) is 0 Å². The predicted molar refractivity (Wildman–Crippen MR) is 116 cm³/mol. The molecule has 3 aromatic carbocycles. The third-order valence-corrected chi connectivity index (χ3v) is 5.74. The molecule has 0 aliphatic rings. The molecule has 138 valence electrons. The fraction of sp³-hybridized carbons (Fsp3) is 0.0435. The molecule has 0 spiro atoms. The number of aromatic hydroxyl groups is 1. The lowest BCUT2D eigenvalue weighted by Crippen LogP contribution is -2.03. The van der Waals surface area contributed by atoms with E-state index < -0.39 is 0 Å². The smallest absolute Gasteiger partial charge is 0.247 e. The Morgan fingerprint density at radius 3 is 2.11 bits per heavy atom. The lowest BCUT2D eigenvalue weighted by molar-refractivity contribution is 0.457. The van der Waals surface area contributed by atoms with Crippen LogP contribution in [0, 0.1) is 6.92 Å². The van der Waals surface area contributed by atoms with Gasteiger partial charge in [0.25, 0.3) is 0 Å². The van der Waals surface area contributed by atoms with Crippen LogP contribution >= 0.6 is 22.9 Å². The van der Waals surface area contributed by atoms with Gasteiger partial charge < -0.3 is 5.11 Å². The Labute approximate surface area is 171 Å². The van der Waals surface area contributed by atoms with Gasteiger partial charge in [0.1, 0.15) is 10.6 Å². The maximum absolute atomic E-state index is 12.8. The molecular weight excluding hydrogens is 390 g/mol. The molecule has 0 radical (unpaired) electrons. The molecule has 1 N–H and O–H groups in total. The third kappa shape index (κ3) is 3.44. The summed E-state index contributed by atoms with van der Waals surface area (Å²) in [5.74, 6) is -0.309. The Morgan fingerprint density at radius 2 is 1.50 bits per heavy atom. The molecule has 5 heteroatoms. The van der Waals surface area contributed by atoms with Crippen molar-refractivity contribution in [2.45, 2.75) is 6.92 Å². The summed E-state index contributed by atoms with van der Waals surface area (Å²) in [4.78, 5) is 17.1. The number of aromatic nitrogens is 1. The molecule has 1 heterocycles. The summed E-state index contributed by atoms with van der Waals surface area (Å²) in [5, 5.41) is 11.4. The van der Waals surface area contributed by atoms with Crippen molar-refractivity contribution in [3.05, 3.63) is 92.9 Å². The molecule has 0 bridgehead atoms. The van der Waals surface area contributed by atoms with Crippen molar-refractivity contribution in [3.8, 4) is 38.7 Å². The second kappa shape index (κ2) is 7.58. The fourth-order valence-electron chi connectivity index (χ4n) is 3.14. The van der Waals surface area contributed by atoms with Crippen molar-refractivity contribution in [2.75, 3.05) is 0 Å². The lowest BCUT2D eigenvalue weighted by Gasteiger charge is -2.12. The van der Waals surface area contributed by atoms with Gasteiger partial charge in [0.05, 0.1) is 0 Å². The third-order valence-electron chi connectivity index (χ3n) is 4.51. The molecule has 0 amide bonds. The minimum Gasteiger partial charge on any atom is -0.493 e. The van der Waals surface area contributed by atoms with Crippen LogP contribution in [0.15, 0.2) is 77.6 Å². The average molecular weight is 406 g/mol. The zero-order valence-corrected chi connectivity index (χ0v) is 16.6. The van der Waals surface area contributed by atoms with E-state index in [1.807, 2.05) is 79.7 Å². The highest BCUT2D eigenvalue weighted by atomic mass is 35.5. The summed E-state index contributed by atoms with van der Waals surface area (Å²) in [6.07, 6.45) is 0. The summed E-state index contributed by atoms with van der Waals surface area (Å²) in [5.41, 5.74) is 4.40. The molecule has 28 heavy (non-hydrogen) atoms. The maximum Gasteiger partial charge on any atom is 0.247 e.